The molecule has 1 fully saturated rings. The van der Waals surface area contributed by atoms with Crippen LogP contribution in [-0.4, -0.2) is 34.8 Å². The number of hydrogen-bond donors (Lipinski definition) is 1. The third-order valence-corrected chi connectivity index (χ3v) is 4.91. The molecule has 5 heteroatoms. The molecule has 2 amide bonds. The number of pyridine rings is 1. The summed E-state index contributed by atoms with van der Waals surface area (Å²) in [5, 5.41) is 2.76. The fourth-order valence-corrected chi connectivity index (χ4v) is 3.37. The summed E-state index contributed by atoms with van der Waals surface area (Å²) >= 11 is 0. The molecule has 0 saturated carbocycles. The quantitative estimate of drug-likeness (QED) is 0.897. The van der Waals surface area contributed by atoms with E-state index in [-0.39, 0.29) is 11.8 Å². The monoisotopic (exact) mass is 365 g/mol. The topological polar surface area (TPSA) is 62.3 Å². The van der Waals surface area contributed by atoms with Crippen LogP contribution in [0.1, 0.15) is 54.9 Å². The molecule has 1 aliphatic rings. The van der Waals surface area contributed by atoms with Gasteiger partial charge in [-0.25, -0.2) is 0 Å². The van der Waals surface area contributed by atoms with Crippen molar-refractivity contribution in [1.29, 1.82) is 0 Å². The summed E-state index contributed by atoms with van der Waals surface area (Å²) in [6, 6.07) is 11.6. The molecule has 1 N–H and O–H groups in total. The first-order valence-electron chi connectivity index (χ1n) is 9.72. The predicted molar refractivity (Wildman–Crippen MR) is 106 cm³/mol. The van der Waals surface area contributed by atoms with Gasteiger partial charge in [0.25, 0.3) is 5.91 Å². The smallest absolute Gasteiger partial charge is 0.253 e. The van der Waals surface area contributed by atoms with Crippen molar-refractivity contribution >= 4 is 11.8 Å². The van der Waals surface area contributed by atoms with Gasteiger partial charge in [0.15, 0.2) is 0 Å². The van der Waals surface area contributed by atoms with Crippen molar-refractivity contribution in [2.45, 2.75) is 45.6 Å². The second-order valence-corrected chi connectivity index (χ2v) is 7.10. The van der Waals surface area contributed by atoms with Crippen LogP contribution in [0.4, 0.5) is 0 Å². The predicted octanol–water partition coefficient (Wildman–Crippen LogP) is 3.79. The van der Waals surface area contributed by atoms with Crippen LogP contribution in [0.15, 0.2) is 42.6 Å². The van der Waals surface area contributed by atoms with Crippen LogP contribution in [0.3, 0.4) is 0 Å². The number of amides is 2. The van der Waals surface area contributed by atoms with Gasteiger partial charge in [-0.05, 0) is 36.6 Å². The van der Waals surface area contributed by atoms with E-state index in [4.69, 9.17) is 0 Å². The lowest BCUT2D eigenvalue weighted by molar-refractivity contribution is -0.119. The molecule has 0 unspecified atom stereocenters. The highest BCUT2D eigenvalue weighted by atomic mass is 16.2. The van der Waals surface area contributed by atoms with Crippen LogP contribution < -0.4 is 5.32 Å². The highest BCUT2D eigenvalue weighted by Crippen LogP contribution is 2.20. The van der Waals surface area contributed by atoms with Gasteiger partial charge in [-0.15, -0.1) is 0 Å². The van der Waals surface area contributed by atoms with Crippen molar-refractivity contribution in [3.63, 3.8) is 0 Å². The number of benzene rings is 1. The van der Waals surface area contributed by atoms with Crippen LogP contribution in [-0.2, 0) is 11.3 Å². The van der Waals surface area contributed by atoms with E-state index in [1.807, 2.05) is 41.3 Å². The van der Waals surface area contributed by atoms with Crippen LogP contribution in [0.2, 0.25) is 0 Å². The van der Waals surface area contributed by atoms with Crippen LogP contribution >= 0.6 is 0 Å². The first kappa shape index (κ1) is 19.1. The summed E-state index contributed by atoms with van der Waals surface area (Å²) in [5.74, 6) is 0.0514. The van der Waals surface area contributed by atoms with Gasteiger partial charge >= 0.3 is 0 Å². The summed E-state index contributed by atoms with van der Waals surface area (Å²) in [6.45, 7) is 3.66. The first-order valence-corrected chi connectivity index (χ1v) is 9.72. The fourth-order valence-electron chi connectivity index (χ4n) is 3.37. The van der Waals surface area contributed by atoms with Crippen molar-refractivity contribution in [3.05, 3.63) is 53.7 Å². The zero-order valence-electron chi connectivity index (χ0n) is 15.9. The number of nitrogens with one attached hydrogen (secondary N) is 1. The molecular weight excluding hydrogens is 338 g/mol. The van der Waals surface area contributed by atoms with E-state index in [0.717, 1.165) is 48.3 Å². The summed E-state index contributed by atoms with van der Waals surface area (Å²) in [6.07, 6.45) is 7.63. The van der Waals surface area contributed by atoms with Gasteiger partial charge in [-0.2, -0.15) is 0 Å². The number of carbonyl (C=O) groups excluding carboxylic acids is 2. The lowest BCUT2D eigenvalue weighted by atomic mass is 10.0. The maximum absolute atomic E-state index is 12.9. The number of nitrogens with zero attached hydrogens (tertiary/aromatic N) is 2. The molecule has 0 radical (unpaired) electrons. The van der Waals surface area contributed by atoms with E-state index >= 15 is 0 Å². The molecular formula is C22H27N3O2. The lowest BCUT2D eigenvalue weighted by Crippen LogP contribution is -2.33. The third kappa shape index (κ3) is 5.39. The highest BCUT2D eigenvalue weighted by molar-refractivity contribution is 5.95. The van der Waals surface area contributed by atoms with E-state index in [1.165, 1.54) is 26.2 Å². The molecule has 0 aliphatic carbocycles. The SMILES string of the molecule is CC(=O)NCc1ccc(-c2cccc(C(=O)N3CCCCCCC3)c2)nc1. The minimum atomic E-state index is -0.0606. The Balaban J connectivity index is 1.72. The van der Waals surface area contributed by atoms with E-state index in [9.17, 15) is 9.59 Å². The van der Waals surface area contributed by atoms with Gasteiger partial charge in [0.2, 0.25) is 5.91 Å². The Morgan fingerprint density at radius 1 is 1.04 bits per heavy atom. The summed E-state index contributed by atoms with van der Waals surface area (Å²) < 4.78 is 0. The molecule has 0 spiro atoms. The van der Waals surface area contributed by atoms with Crippen molar-refractivity contribution in [1.82, 2.24) is 15.2 Å². The maximum Gasteiger partial charge on any atom is 0.253 e. The van der Waals surface area contributed by atoms with Gasteiger partial charge in [-0.3, -0.25) is 14.6 Å². The lowest BCUT2D eigenvalue weighted by Gasteiger charge is -2.25. The standard InChI is InChI=1S/C22H27N3O2/c1-17(26)23-15-18-10-11-21(24-16-18)19-8-7-9-20(14-19)22(27)25-12-5-3-2-4-6-13-25/h7-11,14,16H,2-6,12-13,15H2,1H3,(H,23,26). The highest BCUT2D eigenvalue weighted by Gasteiger charge is 2.17. The molecule has 1 aromatic carbocycles. The Morgan fingerprint density at radius 3 is 2.44 bits per heavy atom. The van der Waals surface area contributed by atoms with Crippen molar-refractivity contribution in [2.24, 2.45) is 0 Å². The number of likely N-dealkylation sites (tertiary alicyclic amines) is 1. The largest absolute Gasteiger partial charge is 0.352 e. The Morgan fingerprint density at radius 2 is 1.78 bits per heavy atom. The number of aromatic nitrogens is 1. The minimum absolute atomic E-state index is 0.0606. The van der Waals surface area contributed by atoms with E-state index in [1.54, 1.807) is 6.20 Å². The minimum Gasteiger partial charge on any atom is -0.352 e. The van der Waals surface area contributed by atoms with Gasteiger partial charge in [0.05, 0.1) is 5.69 Å². The van der Waals surface area contributed by atoms with Crippen LogP contribution in [0, 0.1) is 0 Å². The normalized spacial score (nSPS) is 14.9. The molecule has 1 saturated heterocycles. The van der Waals surface area contributed by atoms with Crippen LogP contribution in [0.25, 0.3) is 11.3 Å². The molecule has 0 atom stereocenters. The van der Waals surface area contributed by atoms with Crippen LogP contribution in [0.5, 0.6) is 0 Å². The Labute approximate surface area is 160 Å². The Kier molecular flexibility index (Phi) is 6.58. The number of rotatable bonds is 4. The molecule has 1 aliphatic heterocycles. The molecule has 27 heavy (non-hydrogen) atoms. The van der Waals surface area contributed by atoms with E-state index in [0.29, 0.717) is 6.54 Å². The molecule has 2 heterocycles. The van der Waals surface area contributed by atoms with Gasteiger partial charge in [-0.1, -0.05) is 37.5 Å². The second kappa shape index (κ2) is 9.31. The molecule has 142 valence electrons. The molecule has 1 aromatic heterocycles. The van der Waals surface area contributed by atoms with E-state index in [2.05, 4.69) is 10.3 Å². The first-order chi connectivity index (χ1) is 13.1. The molecule has 3 rings (SSSR count). The molecule has 5 nitrogen and oxygen atoms in total. The zero-order valence-corrected chi connectivity index (χ0v) is 15.9. The summed E-state index contributed by atoms with van der Waals surface area (Å²) in [7, 11) is 0. The maximum atomic E-state index is 12.9. The average Bonchev–Trinajstić information content (AvgIpc) is 2.66. The van der Waals surface area contributed by atoms with E-state index < -0.39 is 0 Å². The second-order valence-electron chi connectivity index (χ2n) is 7.10. The zero-order chi connectivity index (χ0) is 19.1. The summed E-state index contributed by atoms with van der Waals surface area (Å²) in [5.41, 5.74) is 3.42. The number of carbonyl (C=O) groups is 2. The van der Waals surface area contributed by atoms with Gasteiger partial charge in [0, 0.05) is 43.9 Å². The van der Waals surface area contributed by atoms with Crippen molar-refractivity contribution < 1.29 is 9.59 Å². The molecule has 0 bridgehead atoms. The Hall–Kier alpha value is -2.69. The van der Waals surface area contributed by atoms with Crippen molar-refractivity contribution in [2.75, 3.05) is 13.1 Å². The van der Waals surface area contributed by atoms with Gasteiger partial charge in [0.1, 0.15) is 0 Å². The fraction of sp³-hybridized carbons (Fsp3) is 0.409. The van der Waals surface area contributed by atoms with Gasteiger partial charge < -0.3 is 10.2 Å². The Bertz CT molecular complexity index is 778. The molecule has 2 aromatic rings. The average molecular weight is 365 g/mol. The summed E-state index contributed by atoms with van der Waals surface area (Å²) in [4.78, 5) is 30.4. The van der Waals surface area contributed by atoms with Crippen molar-refractivity contribution in [3.8, 4) is 11.3 Å². The number of hydrogen-bond acceptors (Lipinski definition) is 3. The third-order valence-electron chi connectivity index (χ3n) is 4.91.